The maximum absolute atomic E-state index is 11.8. The highest BCUT2D eigenvalue weighted by molar-refractivity contribution is 7.91. The molecule has 0 unspecified atom stereocenters. The molecule has 3 aromatic rings. The molecule has 0 atom stereocenters. The Morgan fingerprint density at radius 2 is 1.74 bits per heavy atom. The quantitative estimate of drug-likeness (QED) is 0.353. The topological polar surface area (TPSA) is 163 Å². The average molecular weight is 647 g/mol. The predicted molar refractivity (Wildman–Crippen MR) is 165 cm³/mol. The summed E-state index contributed by atoms with van der Waals surface area (Å²) in [5, 5.41) is 21.2. The van der Waals surface area contributed by atoms with Gasteiger partial charge in [-0.15, -0.1) is 0 Å². The van der Waals surface area contributed by atoms with Gasteiger partial charge in [0.1, 0.15) is 15.9 Å². The van der Waals surface area contributed by atoms with E-state index in [0.717, 1.165) is 18.4 Å². The maximum Gasteiger partial charge on any atom is 0.223 e. The minimum absolute atomic E-state index is 0.0100. The number of rotatable bonds is 9. The van der Waals surface area contributed by atoms with E-state index in [0.29, 0.717) is 78.8 Å². The number of hydrogen-bond acceptors (Lipinski definition) is 10. The second-order valence-corrected chi connectivity index (χ2v) is 16.0. The molecule has 43 heavy (non-hydrogen) atoms. The third-order valence-electron chi connectivity index (χ3n) is 8.15. The van der Waals surface area contributed by atoms with Gasteiger partial charge in [0.15, 0.2) is 0 Å². The molecule has 2 fully saturated rings. The highest BCUT2D eigenvalue weighted by Crippen LogP contribution is 2.28. The molecule has 0 amide bonds. The molecule has 0 bridgehead atoms. The summed E-state index contributed by atoms with van der Waals surface area (Å²) in [5.74, 6) is 0.360. The van der Waals surface area contributed by atoms with Gasteiger partial charge in [0.25, 0.3) is 0 Å². The van der Waals surface area contributed by atoms with Gasteiger partial charge < -0.3 is 10.6 Å². The number of benzene rings is 1. The number of nitriles is 1. The number of sulfone groups is 1. The van der Waals surface area contributed by atoms with Crippen molar-refractivity contribution in [2.75, 3.05) is 30.9 Å². The van der Waals surface area contributed by atoms with Gasteiger partial charge >= 0.3 is 0 Å². The molecule has 5 rings (SSSR count). The van der Waals surface area contributed by atoms with Gasteiger partial charge in [-0.3, -0.25) is 0 Å². The fourth-order valence-corrected chi connectivity index (χ4v) is 7.94. The van der Waals surface area contributed by atoms with Crippen LogP contribution < -0.4 is 10.6 Å². The number of halogens is 1. The van der Waals surface area contributed by atoms with E-state index in [2.05, 4.69) is 31.8 Å². The fraction of sp³-hybridized carbons (Fsp3) is 0.500. The molecule has 0 radical (unpaired) electrons. The molecule has 0 spiro atoms. The largest absolute Gasteiger partial charge is 0.351 e. The zero-order chi connectivity index (χ0) is 30.8. The van der Waals surface area contributed by atoms with Crippen LogP contribution in [0.1, 0.15) is 49.7 Å². The lowest BCUT2D eigenvalue weighted by molar-refractivity contribution is 0.331. The molecule has 2 aliphatic rings. The lowest BCUT2D eigenvalue weighted by Crippen LogP contribution is -2.42. The number of hydrogen-bond donors (Lipinski definition) is 2. The Labute approximate surface area is 257 Å². The Balaban J connectivity index is 1.24. The van der Waals surface area contributed by atoms with Gasteiger partial charge in [-0.1, -0.05) is 17.7 Å². The first-order valence-electron chi connectivity index (χ1n) is 14.2. The summed E-state index contributed by atoms with van der Waals surface area (Å²) in [6, 6.07) is 8.16. The van der Waals surface area contributed by atoms with E-state index >= 15 is 0 Å². The van der Waals surface area contributed by atoms with Gasteiger partial charge in [-0.25, -0.2) is 35.8 Å². The van der Waals surface area contributed by atoms with E-state index < -0.39 is 19.9 Å². The van der Waals surface area contributed by atoms with Crippen molar-refractivity contribution >= 4 is 37.4 Å². The molecule has 2 N–H and O–H groups in total. The number of piperidine rings is 1. The molecular weight excluding hydrogens is 612 g/mol. The summed E-state index contributed by atoms with van der Waals surface area (Å²) in [5.41, 5.74) is 3.04. The third-order valence-corrected chi connectivity index (χ3v) is 11.4. The molecule has 2 aromatic heterocycles. The summed E-state index contributed by atoms with van der Waals surface area (Å²) in [6.45, 7) is 1.47. The minimum atomic E-state index is -3.21. The summed E-state index contributed by atoms with van der Waals surface area (Å²) >= 11 is 6.66. The van der Waals surface area contributed by atoms with E-state index in [9.17, 15) is 22.1 Å². The van der Waals surface area contributed by atoms with Crippen LogP contribution in [0.25, 0.3) is 16.9 Å². The van der Waals surface area contributed by atoms with E-state index in [1.165, 1.54) is 23.0 Å². The van der Waals surface area contributed by atoms with E-state index in [-0.39, 0.29) is 17.3 Å². The van der Waals surface area contributed by atoms with Crippen molar-refractivity contribution in [3.63, 3.8) is 0 Å². The van der Waals surface area contributed by atoms with Crippen molar-refractivity contribution in [3.05, 3.63) is 52.9 Å². The van der Waals surface area contributed by atoms with Crippen LogP contribution in [0.4, 0.5) is 5.95 Å². The lowest BCUT2D eigenvalue weighted by atomic mass is 9.95. The molecule has 1 aliphatic heterocycles. The molecule has 15 heteroatoms. The zero-order valence-electron chi connectivity index (χ0n) is 24.1. The Bertz CT molecular complexity index is 1720. The minimum Gasteiger partial charge on any atom is -0.351 e. The Hall–Kier alpha value is -3.09. The van der Waals surface area contributed by atoms with Gasteiger partial charge in [0, 0.05) is 49.7 Å². The van der Waals surface area contributed by atoms with Gasteiger partial charge in [0.05, 0.1) is 45.9 Å². The molecule has 3 heterocycles. The van der Waals surface area contributed by atoms with Crippen LogP contribution >= 0.6 is 11.6 Å². The zero-order valence-corrected chi connectivity index (χ0v) is 26.5. The normalized spacial score (nSPS) is 20.5. The average Bonchev–Trinajstić information content (AvgIpc) is 3.45. The van der Waals surface area contributed by atoms with Crippen LogP contribution in [0, 0.1) is 11.3 Å². The fourth-order valence-electron chi connectivity index (χ4n) is 5.65. The summed E-state index contributed by atoms with van der Waals surface area (Å²) in [6.07, 6.45) is 11.6. The number of nitrogens with one attached hydrogen (secondary N) is 2. The summed E-state index contributed by atoms with van der Waals surface area (Å²) in [7, 11) is -6.20. The van der Waals surface area contributed by atoms with Crippen LogP contribution in [-0.2, 0) is 26.4 Å². The van der Waals surface area contributed by atoms with Gasteiger partial charge in [0.2, 0.25) is 16.0 Å². The molecule has 230 valence electrons. The second-order valence-electron chi connectivity index (χ2n) is 11.3. The number of anilines is 1. The van der Waals surface area contributed by atoms with Crippen LogP contribution in [0.15, 0.2) is 36.8 Å². The van der Waals surface area contributed by atoms with Crippen molar-refractivity contribution in [1.82, 2.24) is 29.4 Å². The molecule has 12 nitrogen and oxygen atoms in total. The second kappa shape index (κ2) is 12.9. The Morgan fingerprint density at radius 1 is 1.02 bits per heavy atom. The predicted octanol–water partition coefficient (Wildman–Crippen LogP) is 3.14. The van der Waals surface area contributed by atoms with E-state index in [1.54, 1.807) is 17.1 Å². The van der Waals surface area contributed by atoms with Crippen LogP contribution in [-0.4, -0.2) is 83.8 Å². The third kappa shape index (κ3) is 7.71. The van der Waals surface area contributed by atoms with Crippen molar-refractivity contribution in [1.29, 1.82) is 5.26 Å². The number of aromatic nitrogens is 4. The molecular formula is C28H35ClN8O4S2. The highest BCUT2D eigenvalue weighted by atomic mass is 35.5. The first kappa shape index (κ1) is 31.3. The first-order chi connectivity index (χ1) is 20.4. The SMILES string of the molecule is CS(=O)(=O)N1CCC(Nc2ncc(C#N)c(-c3cnn(-c4ccc(CN[C@H]5CC[C@@H](S(C)(=O)=O)CC5)cc4Cl)c3)n2)CC1. The molecule has 1 saturated heterocycles. The van der Waals surface area contributed by atoms with E-state index in [1.807, 2.05) is 18.2 Å². The van der Waals surface area contributed by atoms with Crippen molar-refractivity contribution in [3.8, 4) is 23.0 Å². The van der Waals surface area contributed by atoms with Gasteiger partial charge in [-0.05, 0) is 56.2 Å². The Morgan fingerprint density at radius 3 is 2.37 bits per heavy atom. The number of nitrogens with zero attached hydrogens (tertiary/aromatic N) is 6. The Kier molecular flexibility index (Phi) is 9.38. The van der Waals surface area contributed by atoms with Crippen LogP contribution in [0.5, 0.6) is 0 Å². The molecule has 1 aliphatic carbocycles. The summed E-state index contributed by atoms with van der Waals surface area (Å²) < 4.78 is 50.3. The lowest BCUT2D eigenvalue weighted by Gasteiger charge is -2.30. The first-order valence-corrected chi connectivity index (χ1v) is 18.3. The monoisotopic (exact) mass is 646 g/mol. The van der Waals surface area contributed by atoms with Crippen LogP contribution in [0.3, 0.4) is 0 Å². The number of sulfonamides is 1. The maximum atomic E-state index is 11.8. The van der Waals surface area contributed by atoms with Crippen LogP contribution in [0.2, 0.25) is 5.02 Å². The summed E-state index contributed by atoms with van der Waals surface area (Å²) in [4.78, 5) is 8.90. The van der Waals surface area contributed by atoms with Crippen molar-refractivity contribution in [2.45, 2.75) is 62.4 Å². The van der Waals surface area contributed by atoms with Crippen molar-refractivity contribution in [2.24, 2.45) is 0 Å². The molecule has 1 aromatic carbocycles. The highest BCUT2D eigenvalue weighted by Gasteiger charge is 2.28. The van der Waals surface area contributed by atoms with E-state index in [4.69, 9.17) is 11.6 Å². The molecule has 1 saturated carbocycles. The smallest absolute Gasteiger partial charge is 0.223 e. The van der Waals surface area contributed by atoms with Gasteiger partial charge in [-0.2, -0.15) is 10.4 Å². The standard InChI is InChI=1S/C28H35ClN8O4S2/c1-42(38,39)24-6-4-22(5-7-24)31-15-19-3-8-26(25(29)13-19)37-18-21(17-33-37)27-20(14-30)16-32-28(35-27)34-23-9-11-36(12-10-23)43(2,40)41/h3,8,13,16-18,22-24,31H,4-7,9-12,15H2,1-2H3,(H,32,34,35)/t22-,24+. The van der Waals surface area contributed by atoms with Crippen molar-refractivity contribution < 1.29 is 16.8 Å².